The fourth-order valence-electron chi connectivity index (χ4n) is 3.69. The summed E-state index contributed by atoms with van der Waals surface area (Å²) < 4.78 is 5.26. The first-order chi connectivity index (χ1) is 16.4. The second-order valence-corrected chi connectivity index (χ2v) is 9.45. The topological polar surface area (TPSA) is 160 Å². The Bertz CT molecular complexity index is 1280. The van der Waals surface area contributed by atoms with Crippen molar-refractivity contribution in [1.82, 2.24) is 20.3 Å². The third kappa shape index (κ3) is 7.02. The third-order valence-corrected chi connectivity index (χ3v) is 5.39. The van der Waals surface area contributed by atoms with Crippen molar-refractivity contribution in [3.8, 4) is 0 Å². The van der Waals surface area contributed by atoms with E-state index in [0.717, 1.165) is 11.1 Å². The molecule has 2 heterocycles. The van der Waals surface area contributed by atoms with Crippen LogP contribution in [-0.4, -0.2) is 44.3 Å². The summed E-state index contributed by atoms with van der Waals surface area (Å²) in [5.41, 5.74) is 7.33. The van der Waals surface area contributed by atoms with Gasteiger partial charge in [0.05, 0.1) is 11.4 Å². The van der Waals surface area contributed by atoms with Crippen LogP contribution in [0.1, 0.15) is 62.0 Å². The minimum atomic E-state index is -0.780. The Kier molecular flexibility index (Phi) is 7.73. The van der Waals surface area contributed by atoms with Crippen LogP contribution in [0.15, 0.2) is 35.3 Å². The molecular formula is C25H31N5O5. The summed E-state index contributed by atoms with van der Waals surface area (Å²) in [5.74, 6) is -0.989. The zero-order valence-electron chi connectivity index (χ0n) is 20.4. The van der Waals surface area contributed by atoms with Crippen LogP contribution in [0.3, 0.4) is 0 Å². The van der Waals surface area contributed by atoms with Gasteiger partial charge in [-0.1, -0.05) is 12.1 Å². The molecule has 5 N–H and O–H groups in total. The lowest BCUT2D eigenvalue weighted by atomic mass is 10.0. The molecule has 0 spiro atoms. The number of nitrogens with one attached hydrogen (secondary N) is 3. The highest BCUT2D eigenvalue weighted by Gasteiger charge is 2.22. The number of Topliss-reactive ketones (excluding diaryl/α,β-unsaturated/α-hetero) is 1. The molecule has 3 aromatic rings. The van der Waals surface area contributed by atoms with Gasteiger partial charge in [-0.05, 0) is 70.2 Å². The molecule has 0 radical (unpaired) electrons. The fourth-order valence-corrected chi connectivity index (χ4v) is 3.69. The van der Waals surface area contributed by atoms with Crippen LogP contribution in [0.2, 0.25) is 0 Å². The first-order valence-electron chi connectivity index (χ1n) is 11.4. The Balaban J connectivity index is 1.58. The number of nitrogens with two attached hydrogens (primary N) is 1. The standard InChI is InChI=1S/C25H31N5O5/c1-14(31)18(11-12-19(32)35-25(2,3)4)28-22(33)16-8-5-15(6-9-16)7-10-17-13-27-21-20(17)23(34)30-24(26)29-21/h5-6,8-9,13,18H,7,10-12H2,1-4H3,(H,28,33)(H4,26,27,29,30,34)/t18-/m0/s1. The second-order valence-electron chi connectivity index (χ2n) is 9.45. The van der Waals surface area contributed by atoms with Crippen LogP contribution in [0.5, 0.6) is 0 Å². The number of hydrogen-bond acceptors (Lipinski definition) is 7. The molecule has 10 nitrogen and oxygen atoms in total. The molecule has 1 atom stereocenters. The largest absolute Gasteiger partial charge is 0.460 e. The quantitative estimate of drug-likeness (QED) is 0.341. The average molecular weight is 482 g/mol. The number of nitrogen functional groups attached to an aromatic ring is 1. The second kappa shape index (κ2) is 10.5. The molecule has 0 fully saturated rings. The van der Waals surface area contributed by atoms with Crippen molar-refractivity contribution in [1.29, 1.82) is 0 Å². The number of hydrogen-bond donors (Lipinski definition) is 4. The van der Waals surface area contributed by atoms with Gasteiger partial charge in [-0.25, -0.2) is 0 Å². The van der Waals surface area contributed by atoms with E-state index in [1.165, 1.54) is 6.92 Å². The molecule has 35 heavy (non-hydrogen) atoms. The summed E-state index contributed by atoms with van der Waals surface area (Å²) in [6, 6.07) is 6.24. The Morgan fingerprint density at radius 3 is 2.46 bits per heavy atom. The number of amides is 1. The van der Waals surface area contributed by atoms with Crippen molar-refractivity contribution >= 4 is 34.6 Å². The predicted octanol–water partition coefficient (Wildman–Crippen LogP) is 2.43. The summed E-state index contributed by atoms with van der Waals surface area (Å²) in [5, 5.41) is 3.18. The van der Waals surface area contributed by atoms with Gasteiger partial charge in [0.1, 0.15) is 11.2 Å². The third-order valence-electron chi connectivity index (χ3n) is 5.39. The van der Waals surface area contributed by atoms with Crippen LogP contribution in [-0.2, 0) is 27.2 Å². The predicted molar refractivity (Wildman–Crippen MR) is 132 cm³/mol. The normalized spacial score (nSPS) is 12.3. The van der Waals surface area contributed by atoms with Crippen molar-refractivity contribution < 1.29 is 19.1 Å². The van der Waals surface area contributed by atoms with Gasteiger partial charge in [0.15, 0.2) is 5.78 Å². The molecule has 2 aromatic heterocycles. The lowest BCUT2D eigenvalue weighted by Crippen LogP contribution is -2.40. The van der Waals surface area contributed by atoms with E-state index in [1.807, 2.05) is 12.1 Å². The number of esters is 1. The minimum Gasteiger partial charge on any atom is -0.460 e. The van der Waals surface area contributed by atoms with Crippen molar-refractivity contribution in [2.45, 2.75) is 65.0 Å². The van der Waals surface area contributed by atoms with E-state index >= 15 is 0 Å². The zero-order chi connectivity index (χ0) is 25.8. The molecule has 3 rings (SSSR count). The van der Waals surface area contributed by atoms with Gasteiger partial charge in [-0.2, -0.15) is 4.98 Å². The van der Waals surface area contributed by atoms with Crippen molar-refractivity contribution in [3.63, 3.8) is 0 Å². The molecule has 0 saturated heterocycles. The van der Waals surface area contributed by atoms with Crippen LogP contribution in [0.25, 0.3) is 11.0 Å². The SMILES string of the molecule is CC(=O)[C@H](CCC(=O)OC(C)(C)C)NC(=O)c1ccc(CCc2c[nH]c3nc(N)[nH]c(=O)c23)cc1. The zero-order valence-corrected chi connectivity index (χ0v) is 20.4. The van der Waals surface area contributed by atoms with E-state index in [4.69, 9.17) is 10.5 Å². The Morgan fingerprint density at radius 2 is 1.83 bits per heavy atom. The maximum Gasteiger partial charge on any atom is 0.306 e. The first-order valence-corrected chi connectivity index (χ1v) is 11.4. The number of aromatic nitrogens is 3. The molecule has 1 amide bonds. The fraction of sp³-hybridized carbons (Fsp3) is 0.400. The van der Waals surface area contributed by atoms with E-state index in [-0.39, 0.29) is 30.1 Å². The molecule has 0 saturated carbocycles. The Morgan fingerprint density at radius 1 is 1.14 bits per heavy atom. The number of ketones is 1. The molecular weight excluding hydrogens is 450 g/mol. The number of benzene rings is 1. The number of aromatic amines is 2. The number of nitrogens with zero attached hydrogens (tertiary/aromatic N) is 1. The summed E-state index contributed by atoms with van der Waals surface area (Å²) in [6.07, 6.45) is 3.17. The highest BCUT2D eigenvalue weighted by molar-refractivity contribution is 5.97. The number of carbonyl (C=O) groups is 3. The van der Waals surface area contributed by atoms with E-state index in [0.29, 0.717) is 29.4 Å². The smallest absolute Gasteiger partial charge is 0.306 e. The van der Waals surface area contributed by atoms with Crippen molar-refractivity contribution in [2.24, 2.45) is 0 Å². The van der Waals surface area contributed by atoms with Gasteiger partial charge in [0, 0.05) is 18.2 Å². The summed E-state index contributed by atoms with van der Waals surface area (Å²) >= 11 is 0. The molecule has 0 aliphatic carbocycles. The van der Waals surface area contributed by atoms with Crippen LogP contribution in [0, 0.1) is 0 Å². The summed E-state index contributed by atoms with van der Waals surface area (Å²) in [4.78, 5) is 58.4. The maximum absolute atomic E-state index is 12.7. The van der Waals surface area contributed by atoms with Crippen molar-refractivity contribution in [2.75, 3.05) is 5.73 Å². The molecule has 0 aliphatic heterocycles. The van der Waals surface area contributed by atoms with Gasteiger partial charge in [-0.15, -0.1) is 0 Å². The number of aryl methyl sites for hydroxylation is 2. The van der Waals surface area contributed by atoms with Crippen LogP contribution >= 0.6 is 0 Å². The average Bonchev–Trinajstić information content (AvgIpc) is 3.17. The van der Waals surface area contributed by atoms with Crippen LogP contribution < -0.4 is 16.6 Å². The van der Waals surface area contributed by atoms with E-state index in [9.17, 15) is 19.2 Å². The number of carbonyl (C=O) groups excluding carboxylic acids is 3. The number of anilines is 1. The number of ether oxygens (including phenoxy) is 1. The minimum absolute atomic E-state index is 0.0273. The van der Waals surface area contributed by atoms with Crippen molar-refractivity contribution in [3.05, 3.63) is 57.5 Å². The van der Waals surface area contributed by atoms with Gasteiger partial charge in [0.25, 0.3) is 11.5 Å². The molecule has 186 valence electrons. The van der Waals surface area contributed by atoms with E-state index in [2.05, 4.69) is 20.3 Å². The van der Waals surface area contributed by atoms with E-state index < -0.39 is 23.5 Å². The molecule has 0 bridgehead atoms. The lowest BCUT2D eigenvalue weighted by molar-refractivity contribution is -0.155. The molecule has 0 unspecified atom stereocenters. The highest BCUT2D eigenvalue weighted by Crippen LogP contribution is 2.16. The highest BCUT2D eigenvalue weighted by atomic mass is 16.6. The summed E-state index contributed by atoms with van der Waals surface area (Å²) in [7, 11) is 0. The maximum atomic E-state index is 12.7. The number of fused-ring (bicyclic) bond motifs is 1. The van der Waals surface area contributed by atoms with E-state index in [1.54, 1.807) is 39.1 Å². The van der Waals surface area contributed by atoms with Gasteiger partial charge in [0.2, 0.25) is 5.95 Å². The number of H-pyrrole nitrogens is 2. The van der Waals surface area contributed by atoms with Gasteiger partial charge >= 0.3 is 5.97 Å². The molecule has 10 heteroatoms. The van der Waals surface area contributed by atoms with Gasteiger partial charge < -0.3 is 20.8 Å². The van der Waals surface area contributed by atoms with Gasteiger partial charge in [-0.3, -0.25) is 24.2 Å². The van der Waals surface area contributed by atoms with Crippen LogP contribution in [0.4, 0.5) is 5.95 Å². The molecule has 1 aromatic carbocycles. The number of rotatable bonds is 9. The monoisotopic (exact) mass is 481 g/mol. The lowest BCUT2D eigenvalue weighted by Gasteiger charge is -2.21. The first kappa shape index (κ1) is 25.7. The Hall–Kier alpha value is -3.95. The Labute approximate surface area is 202 Å². The summed E-state index contributed by atoms with van der Waals surface area (Å²) in [6.45, 7) is 6.69. The molecule has 0 aliphatic rings.